The molecule has 130 valence electrons. The zero-order valence-electron chi connectivity index (χ0n) is 13.5. The lowest BCUT2D eigenvalue weighted by atomic mass is 9.99. The Morgan fingerprint density at radius 1 is 1.43 bits per heavy atom. The van der Waals surface area contributed by atoms with E-state index in [1.807, 2.05) is 6.92 Å². The number of nitrogens with two attached hydrogens (primary N) is 1. The fourth-order valence-electron chi connectivity index (χ4n) is 2.08. The minimum Gasteiger partial charge on any atom is -0.390 e. The van der Waals surface area contributed by atoms with Crippen molar-refractivity contribution in [3.63, 3.8) is 0 Å². The van der Waals surface area contributed by atoms with Crippen molar-refractivity contribution in [2.24, 2.45) is 5.14 Å². The van der Waals surface area contributed by atoms with Crippen LogP contribution >= 0.6 is 11.6 Å². The van der Waals surface area contributed by atoms with Crippen molar-refractivity contribution in [3.05, 3.63) is 28.8 Å². The zero-order chi connectivity index (χ0) is 17.8. The minimum atomic E-state index is -3.99. The molecule has 0 aromatic heterocycles. The van der Waals surface area contributed by atoms with Crippen LogP contribution < -0.4 is 10.5 Å². The molecule has 0 spiro atoms. The minimum absolute atomic E-state index is 0.0257. The molecule has 23 heavy (non-hydrogen) atoms. The molecular formula is C15H23ClN2O4S. The van der Waals surface area contributed by atoms with Gasteiger partial charge >= 0.3 is 0 Å². The standard InChI is InChI=1S/C15H23ClN2O4S/c1-10(5-4-8-15(2,3)20)18-14(19)11-6-7-12(16)13(9-11)23(17,21)22/h6-7,9-10,20H,4-5,8H2,1-3H3,(H,18,19)(H2,17,21,22). The average Bonchev–Trinajstić information content (AvgIpc) is 2.35. The highest BCUT2D eigenvalue weighted by Gasteiger charge is 2.18. The fraction of sp³-hybridized carbons (Fsp3) is 0.533. The number of nitrogens with one attached hydrogen (secondary N) is 1. The molecule has 8 heteroatoms. The van der Waals surface area contributed by atoms with Crippen LogP contribution in [0.1, 0.15) is 50.4 Å². The molecule has 1 rings (SSSR count). The van der Waals surface area contributed by atoms with E-state index in [4.69, 9.17) is 16.7 Å². The topological polar surface area (TPSA) is 109 Å². The van der Waals surface area contributed by atoms with E-state index in [9.17, 15) is 18.3 Å². The molecule has 0 saturated carbocycles. The lowest BCUT2D eigenvalue weighted by molar-refractivity contribution is 0.0674. The summed E-state index contributed by atoms with van der Waals surface area (Å²) in [5.41, 5.74) is -0.558. The van der Waals surface area contributed by atoms with E-state index in [0.717, 1.165) is 12.5 Å². The number of carbonyl (C=O) groups excluding carboxylic acids is 1. The molecule has 0 aliphatic rings. The first kappa shape index (κ1) is 19.9. The molecule has 1 amide bonds. The number of amides is 1. The second kappa shape index (κ2) is 7.61. The molecule has 0 radical (unpaired) electrons. The Kier molecular flexibility index (Phi) is 6.59. The lowest BCUT2D eigenvalue weighted by Crippen LogP contribution is -2.33. The quantitative estimate of drug-likeness (QED) is 0.689. The van der Waals surface area contributed by atoms with E-state index in [2.05, 4.69) is 5.32 Å². The van der Waals surface area contributed by atoms with E-state index in [1.54, 1.807) is 13.8 Å². The molecule has 0 fully saturated rings. The molecule has 1 aromatic rings. The molecule has 1 unspecified atom stereocenters. The third-order valence-corrected chi connectivity index (χ3v) is 4.70. The van der Waals surface area contributed by atoms with Gasteiger partial charge in [0.05, 0.1) is 10.6 Å². The van der Waals surface area contributed by atoms with Gasteiger partial charge in [-0.05, 0) is 58.2 Å². The molecule has 1 atom stereocenters. The number of halogens is 1. The van der Waals surface area contributed by atoms with Crippen molar-refractivity contribution >= 4 is 27.5 Å². The highest BCUT2D eigenvalue weighted by molar-refractivity contribution is 7.89. The van der Waals surface area contributed by atoms with E-state index < -0.39 is 21.5 Å². The van der Waals surface area contributed by atoms with Crippen molar-refractivity contribution in [2.75, 3.05) is 0 Å². The molecule has 0 saturated heterocycles. The zero-order valence-corrected chi connectivity index (χ0v) is 15.0. The van der Waals surface area contributed by atoms with Gasteiger partial charge in [0.25, 0.3) is 5.91 Å². The smallest absolute Gasteiger partial charge is 0.251 e. The van der Waals surface area contributed by atoms with Crippen LogP contribution in [0.2, 0.25) is 5.02 Å². The Morgan fingerprint density at radius 2 is 2.04 bits per heavy atom. The van der Waals surface area contributed by atoms with Gasteiger partial charge in [-0.3, -0.25) is 4.79 Å². The molecule has 0 heterocycles. The van der Waals surface area contributed by atoms with Crippen molar-refractivity contribution in [1.29, 1.82) is 0 Å². The maximum atomic E-state index is 12.2. The number of rotatable bonds is 7. The Balaban J connectivity index is 2.72. The van der Waals surface area contributed by atoms with Gasteiger partial charge in [0, 0.05) is 11.6 Å². The van der Waals surface area contributed by atoms with Crippen molar-refractivity contribution in [1.82, 2.24) is 5.32 Å². The largest absolute Gasteiger partial charge is 0.390 e. The number of sulfonamides is 1. The predicted octanol–water partition coefficient (Wildman–Crippen LogP) is 2.05. The molecule has 0 bridgehead atoms. The van der Waals surface area contributed by atoms with Crippen LogP contribution in [0.5, 0.6) is 0 Å². The summed E-state index contributed by atoms with van der Waals surface area (Å²) in [6, 6.07) is 3.82. The van der Waals surface area contributed by atoms with Crippen LogP contribution in [0, 0.1) is 0 Å². The van der Waals surface area contributed by atoms with E-state index in [0.29, 0.717) is 12.8 Å². The summed E-state index contributed by atoms with van der Waals surface area (Å²) >= 11 is 5.79. The van der Waals surface area contributed by atoms with Gasteiger partial charge < -0.3 is 10.4 Å². The van der Waals surface area contributed by atoms with E-state index >= 15 is 0 Å². The van der Waals surface area contributed by atoms with Crippen LogP contribution in [0.15, 0.2) is 23.1 Å². The van der Waals surface area contributed by atoms with Gasteiger partial charge in [-0.25, -0.2) is 13.6 Å². The maximum absolute atomic E-state index is 12.2. The summed E-state index contributed by atoms with van der Waals surface area (Å²) in [6.45, 7) is 5.32. The molecule has 0 aliphatic heterocycles. The van der Waals surface area contributed by atoms with Crippen LogP contribution in [-0.2, 0) is 10.0 Å². The van der Waals surface area contributed by atoms with E-state index in [-0.39, 0.29) is 21.5 Å². The average molecular weight is 363 g/mol. The number of hydrogen-bond donors (Lipinski definition) is 3. The Bertz CT molecular complexity index is 669. The van der Waals surface area contributed by atoms with Gasteiger partial charge in [0.2, 0.25) is 10.0 Å². The van der Waals surface area contributed by atoms with Gasteiger partial charge in [-0.15, -0.1) is 0 Å². The normalized spacial score (nSPS) is 13.7. The summed E-state index contributed by atoms with van der Waals surface area (Å²) in [6.07, 6.45) is 2.09. The van der Waals surface area contributed by atoms with Gasteiger partial charge in [-0.1, -0.05) is 11.6 Å². The Labute approximate surface area is 142 Å². The van der Waals surface area contributed by atoms with Gasteiger partial charge in [0.15, 0.2) is 0 Å². The van der Waals surface area contributed by atoms with Crippen molar-refractivity contribution < 1.29 is 18.3 Å². The second-order valence-corrected chi connectivity index (χ2v) is 8.21. The molecule has 1 aromatic carbocycles. The molecule has 0 aliphatic carbocycles. The first-order chi connectivity index (χ1) is 10.4. The van der Waals surface area contributed by atoms with Crippen LogP contribution in [0.4, 0.5) is 0 Å². The predicted molar refractivity (Wildman–Crippen MR) is 89.9 cm³/mol. The Morgan fingerprint density at radius 3 is 2.57 bits per heavy atom. The fourth-order valence-corrected chi connectivity index (χ4v) is 3.15. The van der Waals surface area contributed by atoms with E-state index in [1.165, 1.54) is 12.1 Å². The first-order valence-corrected chi connectivity index (χ1v) is 9.18. The number of hydrogen-bond acceptors (Lipinski definition) is 4. The van der Waals surface area contributed by atoms with Gasteiger partial charge in [-0.2, -0.15) is 0 Å². The summed E-state index contributed by atoms with van der Waals surface area (Å²) in [5, 5.41) is 17.5. The molecular weight excluding hydrogens is 340 g/mol. The summed E-state index contributed by atoms with van der Waals surface area (Å²) in [7, 11) is -3.99. The number of primary sulfonamides is 1. The highest BCUT2D eigenvalue weighted by Crippen LogP contribution is 2.21. The lowest BCUT2D eigenvalue weighted by Gasteiger charge is -2.19. The molecule has 4 N–H and O–H groups in total. The highest BCUT2D eigenvalue weighted by atomic mass is 35.5. The van der Waals surface area contributed by atoms with Crippen LogP contribution in [0.25, 0.3) is 0 Å². The van der Waals surface area contributed by atoms with Crippen molar-refractivity contribution in [3.8, 4) is 0 Å². The SMILES string of the molecule is CC(CCCC(C)(C)O)NC(=O)c1ccc(Cl)c(S(N)(=O)=O)c1. The number of benzene rings is 1. The summed E-state index contributed by atoms with van der Waals surface area (Å²) in [4.78, 5) is 11.9. The second-order valence-electron chi connectivity index (χ2n) is 6.27. The van der Waals surface area contributed by atoms with Crippen LogP contribution in [0.3, 0.4) is 0 Å². The molecule has 6 nitrogen and oxygen atoms in total. The third kappa shape index (κ3) is 6.87. The number of aliphatic hydroxyl groups is 1. The first-order valence-electron chi connectivity index (χ1n) is 7.26. The monoisotopic (exact) mass is 362 g/mol. The summed E-state index contributed by atoms with van der Waals surface area (Å²) < 4.78 is 22.8. The van der Waals surface area contributed by atoms with Gasteiger partial charge in [0.1, 0.15) is 4.90 Å². The summed E-state index contributed by atoms with van der Waals surface area (Å²) in [5.74, 6) is -0.401. The van der Waals surface area contributed by atoms with Crippen molar-refractivity contribution in [2.45, 2.75) is 56.6 Å². The third-order valence-electron chi connectivity index (χ3n) is 3.30. The number of carbonyl (C=O) groups is 1. The van der Waals surface area contributed by atoms with Crippen LogP contribution in [-0.4, -0.2) is 31.1 Å². The Hall–Kier alpha value is -1.15. The maximum Gasteiger partial charge on any atom is 0.251 e.